The molecule has 1 amide bonds. The van der Waals surface area contributed by atoms with Crippen molar-refractivity contribution in [3.05, 3.63) is 41.7 Å². The normalized spacial score (nSPS) is 11.4. The molecule has 0 aliphatic rings. The van der Waals surface area contributed by atoms with Crippen LogP contribution in [0.1, 0.15) is 49.3 Å². The van der Waals surface area contributed by atoms with Crippen molar-refractivity contribution >= 4 is 16.9 Å². The molecule has 0 unspecified atom stereocenters. The zero-order chi connectivity index (χ0) is 17.8. The summed E-state index contributed by atoms with van der Waals surface area (Å²) in [5, 5.41) is 15.8. The van der Waals surface area contributed by atoms with Gasteiger partial charge in [0, 0.05) is 19.6 Å². The van der Waals surface area contributed by atoms with Gasteiger partial charge in [0.1, 0.15) is 11.2 Å². The summed E-state index contributed by atoms with van der Waals surface area (Å²) in [5.74, 6) is 0.227. The van der Waals surface area contributed by atoms with E-state index in [1.165, 1.54) is 0 Å². The van der Waals surface area contributed by atoms with Gasteiger partial charge in [-0.05, 0) is 37.5 Å². The molecule has 1 aromatic carbocycles. The van der Waals surface area contributed by atoms with Crippen molar-refractivity contribution < 1.29 is 4.79 Å². The molecule has 0 spiro atoms. The Kier molecular flexibility index (Phi) is 5.11. The van der Waals surface area contributed by atoms with Crippen molar-refractivity contribution in [1.82, 2.24) is 30.1 Å². The van der Waals surface area contributed by atoms with Crippen LogP contribution in [0.15, 0.2) is 30.3 Å². The molecule has 3 aromatic rings. The minimum Gasteiger partial charge on any atom is -0.351 e. The highest BCUT2D eigenvalue weighted by Crippen LogP contribution is 2.14. The highest BCUT2D eigenvalue weighted by molar-refractivity contribution is 5.92. The van der Waals surface area contributed by atoms with E-state index in [-0.39, 0.29) is 5.91 Å². The molecule has 2 aromatic heterocycles. The molecule has 132 valence electrons. The fourth-order valence-electron chi connectivity index (χ4n) is 2.75. The van der Waals surface area contributed by atoms with Gasteiger partial charge in [-0.2, -0.15) is 5.10 Å². The molecule has 0 atom stereocenters. The van der Waals surface area contributed by atoms with Gasteiger partial charge in [-0.1, -0.05) is 31.2 Å². The number of amides is 1. The van der Waals surface area contributed by atoms with Gasteiger partial charge in [0.25, 0.3) is 5.91 Å². The van der Waals surface area contributed by atoms with Gasteiger partial charge in [0.05, 0.1) is 11.2 Å². The Hall–Kier alpha value is -2.70. The van der Waals surface area contributed by atoms with Crippen molar-refractivity contribution in [1.29, 1.82) is 0 Å². The zero-order valence-corrected chi connectivity index (χ0v) is 14.9. The van der Waals surface area contributed by atoms with Crippen LogP contribution in [0.5, 0.6) is 0 Å². The second kappa shape index (κ2) is 7.46. The lowest BCUT2D eigenvalue weighted by Gasteiger charge is -2.07. The molecule has 0 aliphatic carbocycles. The van der Waals surface area contributed by atoms with Crippen LogP contribution in [0.4, 0.5) is 0 Å². The fraction of sp³-hybridized carbons (Fsp3) is 0.444. The lowest BCUT2D eigenvalue weighted by atomic mass is 10.1. The zero-order valence-electron chi connectivity index (χ0n) is 14.9. The molecule has 7 heteroatoms. The number of hydrogen-bond donors (Lipinski definition) is 1. The summed E-state index contributed by atoms with van der Waals surface area (Å²) in [5.41, 5.74) is 3.47. The first-order chi connectivity index (χ1) is 12.1. The molecule has 3 rings (SSSR count). The van der Waals surface area contributed by atoms with Crippen LogP contribution >= 0.6 is 0 Å². The van der Waals surface area contributed by atoms with E-state index >= 15 is 0 Å². The number of aryl methyl sites for hydroxylation is 2. The highest BCUT2D eigenvalue weighted by atomic mass is 16.2. The fourth-order valence-corrected chi connectivity index (χ4v) is 2.75. The molecule has 0 aliphatic heterocycles. The van der Waals surface area contributed by atoms with Crippen LogP contribution in [-0.2, 0) is 13.1 Å². The lowest BCUT2D eigenvalue weighted by molar-refractivity contribution is 0.0942. The third-order valence-corrected chi connectivity index (χ3v) is 4.18. The van der Waals surface area contributed by atoms with E-state index in [1.807, 2.05) is 41.9 Å². The summed E-state index contributed by atoms with van der Waals surface area (Å²) in [7, 11) is 0. The number of rotatable bonds is 7. The number of nitrogens with zero attached hydrogens (tertiary/aromatic N) is 5. The van der Waals surface area contributed by atoms with Crippen LogP contribution < -0.4 is 5.32 Å². The minimum absolute atomic E-state index is 0.0790. The number of fused-ring (bicyclic) bond motifs is 1. The average Bonchev–Trinajstić information content (AvgIpc) is 3.23. The number of para-hydroxylation sites is 1. The summed E-state index contributed by atoms with van der Waals surface area (Å²) in [6.07, 6.45) is 0.788. The Bertz CT molecular complexity index is 863. The summed E-state index contributed by atoms with van der Waals surface area (Å²) < 4.78 is 3.63. The summed E-state index contributed by atoms with van der Waals surface area (Å²) in [6.45, 7) is 8.12. The lowest BCUT2D eigenvalue weighted by Crippen LogP contribution is -2.27. The Morgan fingerprint density at radius 1 is 1.24 bits per heavy atom. The molecule has 25 heavy (non-hydrogen) atoms. The molecule has 0 saturated carbocycles. The molecule has 0 radical (unpaired) electrons. The summed E-state index contributed by atoms with van der Waals surface area (Å²) in [6, 6.07) is 9.75. The Balaban J connectivity index is 1.56. The molecule has 0 saturated heterocycles. The van der Waals surface area contributed by atoms with Gasteiger partial charge in [0.2, 0.25) is 0 Å². The van der Waals surface area contributed by atoms with Gasteiger partial charge >= 0.3 is 0 Å². The molecular formula is C18H24N6O. The number of hydrogen-bond acceptors (Lipinski definition) is 4. The van der Waals surface area contributed by atoms with E-state index in [4.69, 9.17) is 0 Å². The first kappa shape index (κ1) is 17.1. The second-order valence-corrected chi connectivity index (χ2v) is 6.34. The summed E-state index contributed by atoms with van der Waals surface area (Å²) >= 11 is 0. The average molecular weight is 340 g/mol. The molecule has 0 bridgehead atoms. The van der Waals surface area contributed by atoms with E-state index in [0.29, 0.717) is 31.2 Å². The molecule has 0 fully saturated rings. The number of benzene rings is 1. The largest absolute Gasteiger partial charge is 0.351 e. The third kappa shape index (κ3) is 3.70. The first-order valence-corrected chi connectivity index (χ1v) is 8.74. The van der Waals surface area contributed by atoms with Gasteiger partial charge in [-0.3, -0.25) is 9.48 Å². The van der Waals surface area contributed by atoms with Crippen molar-refractivity contribution in [2.75, 3.05) is 6.54 Å². The van der Waals surface area contributed by atoms with Gasteiger partial charge in [-0.15, -0.1) is 5.10 Å². The maximum atomic E-state index is 12.4. The number of carbonyl (C=O) groups is 1. The minimum atomic E-state index is -0.0790. The topological polar surface area (TPSA) is 77.6 Å². The van der Waals surface area contributed by atoms with Crippen LogP contribution in [-0.4, -0.2) is 37.2 Å². The maximum absolute atomic E-state index is 12.4. The predicted octanol–water partition coefficient (Wildman–Crippen LogP) is 2.59. The highest BCUT2D eigenvalue weighted by Gasteiger charge is 2.15. The van der Waals surface area contributed by atoms with E-state index in [1.54, 1.807) is 4.68 Å². The molecule has 1 N–H and O–H groups in total. The Labute approximate surface area is 147 Å². The van der Waals surface area contributed by atoms with E-state index in [2.05, 4.69) is 34.6 Å². The molecule has 7 nitrogen and oxygen atoms in total. The monoisotopic (exact) mass is 340 g/mol. The number of carbonyl (C=O) groups excluding carboxylic acids is 1. The summed E-state index contributed by atoms with van der Waals surface area (Å²) in [4.78, 5) is 12.4. The van der Waals surface area contributed by atoms with Gasteiger partial charge in [-0.25, -0.2) is 4.68 Å². The predicted molar refractivity (Wildman–Crippen MR) is 96.5 cm³/mol. The van der Waals surface area contributed by atoms with Crippen LogP contribution in [0.2, 0.25) is 0 Å². The van der Waals surface area contributed by atoms with Gasteiger partial charge < -0.3 is 5.32 Å². The van der Waals surface area contributed by atoms with Crippen molar-refractivity contribution in [2.45, 2.75) is 46.2 Å². The van der Waals surface area contributed by atoms with E-state index in [9.17, 15) is 4.79 Å². The third-order valence-electron chi connectivity index (χ3n) is 4.18. The standard InChI is InChI=1S/C18H24N6O/c1-4-23-17(12-15(21-23)13(2)3)18(25)19-10-7-11-24-16-9-6-5-8-14(16)20-22-24/h5-6,8-9,12-13H,4,7,10-11H2,1-3H3,(H,19,25). The SMILES string of the molecule is CCn1nc(C(C)C)cc1C(=O)NCCCn1nnc2ccccc21. The smallest absolute Gasteiger partial charge is 0.269 e. The van der Waals surface area contributed by atoms with Crippen molar-refractivity contribution in [3.63, 3.8) is 0 Å². The molecule has 2 heterocycles. The van der Waals surface area contributed by atoms with Crippen molar-refractivity contribution in [3.8, 4) is 0 Å². The van der Waals surface area contributed by atoms with E-state index < -0.39 is 0 Å². The first-order valence-electron chi connectivity index (χ1n) is 8.74. The second-order valence-electron chi connectivity index (χ2n) is 6.34. The van der Waals surface area contributed by atoms with Gasteiger partial charge in [0.15, 0.2) is 0 Å². The Morgan fingerprint density at radius 3 is 2.80 bits per heavy atom. The maximum Gasteiger partial charge on any atom is 0.269 e. The Morgan fingerprint density at radius 2 is 2.04 bits per heavy atom. The van der Waals surface area contributed by atoms with Crippen LogP contribution in [0.3, 0.4) is 0 Å². The number of nitrogens with one attached hydrogen (secondary N) is 1. The van der Waals surface area contributed by atoms with Crippen LogP contribution in [0.25, 0.3) is 11.0 Å². The molecular weight excluding hydrogens is 316 g/mol. The van der Waals surface area contributed by atoms with Crippen molar-refractivity contribution in [2.24, 2.45) is 0 Å². The quantitative estimate of drug-likeness (QED) is 0.671. The van der Waals surface area contributed by atoms with Crippen LogP contribution in [0, 0.1) is 0 Å². The number of aromatic nitrogens is 5. The van der Waals surface area contributed by atoms with E-state index in [0.717, 1.165) is 23.1 Å².